The number of aliphatic hydroxyl groups excluding tert-OH is 4. The van der Waals surface area contributed by atoms with Crippen LogP contribution < -0.4 is 5.32 Å². The Balaban J connectivity index is 1.65. The first-order valence-corrected chi connectivity index (χ1v) is 14.1. The Labute approximate surface area is 224 Å². The van der Waals surface area contributed by atoms with Crippen LogP contribution in [-0.2, 0) is 14.0 Å². The monoisotopic (exact) mass is 571 g/mol. The van der Waals surface area contributed by atoms with Gasteiger partial charge in [0.25, 0.3) is 0 Å². The molecule has 2 aromatic rings. The summed E-state index contributed by atoms with van der Waals surface area (Å²) in [4.78, 5) is 28.0. The van der Waals surface area contributed by atoms with Crippen molar-refractivity contribution in [2.24, 2.45) is 0 Å². The van der Waals surface area contributed by atoms with Gasteiger partial charge in [-0.2, -0.15) is 5.10 Å². The van der Waals surface area contributed by atoms with Crippen LogP contribution in [-0.4, -0.2) is 110 Å². The van der Waals surface area contributed by atoms with E-state index in [4.69, 9.17) is 9.47 Å². The summed E-state index contributed by atoms with van der Waals surface area (Å²) < 4.78 is 24.0. The summed E-state index contributed by atoms with van der Waals surface area (Å²) in [6, 6.07) is 0.186. The van der Waals surface area contributed by atoms with Crippen molar-refractivity contribution in [2.75, 3.05) is 25.1 Å². The smallest absolute Gasteiger partial charge is 0.361 e. The molecule has 1 aliphatic heterocycles. The molecule has 0 bridgehead atoms. The van der Waals surface area contributed by atoms with Crippen LogP contribution in [0.1, 0.15) is 51.6 Å². The lowest BCUT2D eigenvalue weighted by molar-refractivity contribution is -0.121. The van der Waals surface area contributed by atoms with Gasteiger partial charge in [-0.05, 0) is 32.6 Å². The van der Waals surface area contributed by atoms with E-state index in [1.54, 1.807) is 0 Å². The Hall–Kier alpha value is -2.22. The van der Waals surface area contributed by atoms with Crippen molar-refractivity contribution in [1.29, 1.82) is 0 Å². The van der Waals surface area contributed by atoms with Gasteiger partial charge in [0.2, 0.25) is 11.2 Å². The molecule has 2 fully saturated rings. The minimum Gasteiger partial charge on any atom is -0.393 e. The molecule has 0 unspecified atom stereocenters. The summed E-state index contributed by atoms with van der Waals surface area (Å²) in [6.45, 7) is -0.0436. The van der Waals surface area contributed by atoms with Gasteiger partial charge in [0.15, 0.2) is 11.9 Å². The van der Waals surface area contributed by atoms with E-state index in [0.717, 1.165) is 25.7 Å². The van der Waals surface area contributed by atoms with Crippen LogP contribution in [0.4, 0.5) is 5.82 Å². The second kappa shape index (κ2) is 11.3. The lowest BCUT2D eigenvalue weighted by Gasteiger charge is -2.31. The molecule has 4 atom stereocenters. The number of nitrogens with one attached hydrogen (secondary N) is 1. The number of aromatic nitrogens is 4. The SMILES string of the molecule is CC(C)(O)C#Cc1nc(NC2CCCC2)c2cnn([C@@H]3O[C@H](COC(CO)(CO)P(=O)(O)O)[C@@H](O)[C@H]3O)c2n1. The molecule has 1 saturated carbocycles. The highest BCUT2D eigenvalue weighted by atomic mass is 31.2. The molecule has 216 valence electrons. The lowest BCUT2D eigenvalue weighted by Crippen LogP contribution is -2.44. The van der Waals surface area contributed by atoms with Gasteiger partial charge in [-0.15, -0.1) is 0 Å². The van der Waals surface area contributed by atoms with Crippen molar-refractivity contribution < 1.29 is 49.4 Å². The predicted molar refractivity (Wildman–Crippen MR) is 135 cm³/mol. The first kappa shape index (κ1) is 29.8. The average Bonchev–Trinajstić information content (AvgIpc) is 3.59. The Kier molecular flexibility index (Phi) is 8.65. The average molecular weight is 572 g/mol. The molecule has 8 N–H and O–H groups in total. The standard InChI is InChI=1S/C23H34N5O10P/c1-22(2,33)8-7-16-26-19(25-13-5-3-4-6-13)14-9-24-28(20(14)27-16)21-18(32)17(31)15(38-21)10-37-23(11-29,12-30)39(34,35)36/h9,13,15,17-18,21,29-33H,3-6,10-12H2,1-2H3,(H,25,26,27)(H2,34,35,36)/t15-,17-,18-,21-/m1/s1. The van der Waals surface area contributed by atoms with E-state index >= 15 is 0 Å². The van der Waals surface area contributed by atoms with E-state index in [9.17, 15) is 39.9 Å². The van der Waals surface area contributed by atoms with Crippen molar-refractivity contribution in [3.8, 4) is 11.8 Å². The highest BCUT2D eigenvalue weighted by molar-refractivity contribution is 7.53. The third kappa shape index (κ3) is 6.26. The van der Waals surface area contributed by atoms with Gasteiger partial charge in [-0.25, -0.2) is 14.6 Å². The zero-order chi connectivity index (χ0) is 28.6. The van der Waals surface area contributed by atoms with Crippen molar-refractivity contribution in [2.45, 2.75) is 81.1 Å². The maximum atomic E-state index is 11.8. The van der Waals surface area contributed by atoms with E-state index in [-0.39, 0.29) is 17.5 Å². The largest absolute Gasteiger partial charge is 0.393 e. The molecule has 15 nitrogen and oxygen atoms in total. The second-order valence-corrected chi connectivity index (χ2v) is 12.2. The predicted octanol–water partition coefficient (Wildman–Crippen LogP) is -1.20. The molecule has 1 saturated heterocycles. The number of rotatable bonds is 9. The summed E-state index contributed by atoms with van der Waals surface area (Å²) in [6.07, 6.45) is -0.173. The lowest BCUT2D eigenvalue weighted by atomic mass is 10.1. The van der Waals surface area contributed by atoms with Crippen LogP contribution in [0.3, 0.4) is 0 Å². The summed E-state index contributed by atoms with van der Waals surface area (Å²) in [5.41, 5.74) is -1.08. The first-order valence-electron chi connectivity index (χ1n) is 12.5. The number of hydrogen-bond donors (Lipinski definition) is 8. The van der Waals surface area contributed by atoms with Gasteiger partial charge in [0, 0.05) is 6.04 Å². The van der Waals surface area contributed by atoms with Crippen molar-refractivity contribution in [3.05, 3.63) is 12.0 Å². The molecule has 0 amide bonds. The van der Waals surface area contributed by atoms with Gasteiger partial charge in [0.05, 0.1) is 31.4 Å². The van der Waals surface area contributed by atoms with Crippen LogP contribution in [0.25, 0.3) is 11.0 Å². The highest BCUT2D eigenvalue weighted by Gasteiger charge is 2.51. The van der Waals surface area contributed by atoms with E-state index in [0.29, 0.717) is 11.2 Å². The van der Waals surface area contributed by atoms with Gasteiger partial charge in [-0.3, -0.25) is 4.57 Å². The minimum atomic E-state index is -5.13. The molecule has 4 rings (SSSR count). The zero-order valence-corrected chi connectivity index (χ0v) is 22.4. The fraction of sp³-hybridized carbons (Fsp3) is 0.696. The van der Waals surface area contributed by atoms with Crippen LogP contribution in [0, 0.1) is 11.8 Å². The van der Waals surface area contributed by atoms with Crippen molar-refractivity contribution in [3.63, 3.8) is 0 Å². The molecule has 1 aliphatic carbocycles. The van der Waals surface area contributed by atoms with Gasteiger partial charge in [0.1, 0.15) is 29.7 Å². The van der Waals surface area contributed by atoms with E-state index < -0.39 is 62.9 Å². The third-order valence-electron chi connectivity index (χ3n) is 6.75. The molecular weight excluding hydrogens is 537 g/mol. The molecule has 0 aromatic carbocycles. The summed E-state index contributed by atoms with van der Waals surface area (Å²) in [5.74, 6) is 5.95. The van der Waals surface area contributed by atoms with Crippen molar-refractivity contribution >= 4 is 24.4 Å². The summed E-state index contributed by atoms with van der Waals surface area (Å²) in [7, 11) is -5.13. The van der Waals surface area contributed by atoms with Gasteiger partial charge in [-0.1, -0.05) is 18.8 Å². The molecule has 39 heavy (non-hydrogen) atoms. The quantitative estimate of drug-likeness (QED) is 0.130. The Bertz CT molecular complexity index is 1270. The minimum absolute atomic E-state index is 0.0807. The fourth-order valence-corrected chi connectivity index (χ4v) is 5.08. The number of nitrogens with zero attached hydrogens (tertiary/aromatic N) is 4. The normalized spacial score (nSPS) is 24.7. The zero-order valence-electron chi connectivity index (χ0n) is 21.5. The molecule has 2 aliphatic rings. The number of ether oxygens (including phenoxy) is 2. The van der Waals surface area contributed by atoms with E-state index in [1.165, 1.54) is 24.7 Å². The molecule has 16 heteroatoms. The maximum absolute atomic E-state index is 11.8. The van der Waals surface area contributed by atoms with Gasteiger partial charge < -0.3 is 50.1 Å². The topological polar surface area (TPSA) is 233 Å². The van der Waals surface area contributed by atoms with Crippen LogP contribution in [0.2, 0.25) is 0 Å². The third-order valence-corrected chi connectivity index (χ3v) is 8.22. The van der Waals surface area contributed by atoms with Crippen LogP contribution in [0.15, 0.2) is 6.20 Å². The Morgan fingerprint density at radius 1 is 1.18 bits per heavy atom. The van der Waals surface area contributed by atoms with Crippen LogP contribution in [0.5, 0.6) is 0 Å². The number of aliphatic hydroxyl groups is 5. The molecule has 0 radical (unpaired) electrons. The maximum Gasteiger partial charge on any atom is 0.361 e. The van der Waals surface area contributed by atoms with E-state index in [1.807, 2.05) is 0 Å². The number of anilines is 1. The fourth-order valence-electron chi connectivity index (χ4n) is 4.47. The van der Waals surface area contributed by atoms with Crippen LogP contribution >= 0.6 is 7.60 Å². The summed E-state index contributed by atoms with van der Waals surface area (Å²) >= 11 is 0. The van der Waals surface area contributed by atoms with Crippen molar-refractivity contribution in [1.82, 2.24) is 19.7 Å². The Morgan fingerprint density at radius 2 is 1.85 bits per heavy atom. The molecular formula is C23H34N5O10P. The number of hydrogen-bond acceptors (Lipinski definition) is 12. The molecule has 2 aromatic heterocycles. The highest BCUT2D eigenvalue weighted by Crippen LogP contribution is 2.51. The van der Waals surface area contributed by atoms with Gasteiger partial charge >= 0.3 is 7.60 Å². The van der Waals surface area contributed by atoms with E-state index in [2.05, 4.69) is 32.2 Å². The number of fused-ring (bicyclic) bond motifs is 1. The first-order chi connectivity index (χ1) is 18.3. The molecule has 3 heterocycles. The summed E-state index contributed by atoms with van der Waals surface area (Å²) in [5, 5.41) is 56.0. The molecule has 0 spiro atoms. The Morgan fingerprint density at radius 3 is 2.44 bits per heavy atom. The second-order valence-electron chi connectivity index (χ2n) is 10.3.